The minimum atomic E-state index is -1.85. The summed E-state index contributed by atoms with van der Waals surface area (Å²) in [5.41, 5.74) is 0. The molecule has 1 rings (SSSR count). The summed E-state index contributed by atoms with van der Waals surface area (Å²) < 4.78 is 7.22. The first-order valence-corrected chi connectivity index (χ1v) is 13.0. The van der Waals surface area contributed by atoms with Crippen molar-refractivity contribution < 1.29 is 9.22 Å². The van der Waals surface area contributed by atoms with E-state index in [1.54, 1.807) is 0 Å². The van der Waals surface area contributed by atoms with E-state index in [2.05, 4.69) is 40.8 Å². The SMILES string of the molecule is C[C@H](C=O)[C@H](O[Si](C)(C)C(C)(C)C)[C@H](C)C1SCCCS1. The normalized spacial score (nSPS) is 22.6. The maximum absolute atomic E-state index is 11.4. The van der Waals surface area contributed by atoms with E-state index in [-0.39, 0.29) is 17.1 Å². The van der Waals surface area contributed by atoms with Crippen LogP contribution in [-0.2, 0) is 9.22 Å². The van der Waals surface area contributed by atoms with Crippen molar-refractivity contribution in [3.8, 4) is 0 Å². The molecule has 1 heterocycles. The van der Waals surface area contributed by atoms with E-state index in [4.69, 9.17) is 4.43 Å². The van der Waals surface area contributed by atoms with Crippen LogP contribution in [0.3, 0.4) is 0 Å². The van der Waals surface area contributed by atoms with Gasteiger partial charge in [0.2, 0.25) is 0 Å². The largest absolute Gasteiger partial charge is 0.413 e. The van der Waals surface area contributed by atoms with Crippen LogP contribution < -0.4 is 0 Å². The number of rotatable bonds is 6. The second kappa shape index (κ2) is 7.89. The number of aldehydes is 1. The van der Waals surface area contributed by atoms with Gasteiger partial charge in [0.25, 0.3) is 0 Å². The Labute approximate surface area is 140 Å². The molecule has 0 bridgehead atoms. The zero-order valence-corrected chi connectivity index (χ0v) is 17.3. The number of hydrogen-bond donors (Lipinski definition) is 0. The predicted molar refractivity (Wildman–Crippen MR) is 99.8 cm³/mol. The van der Waals surface area contributed by atoms with Gasteiger partial charge in [-0.2, -0.15) is 0 Å². The van der Waals surface area contributed by atoms with Gasteiger partial charge in [-0.15, -0.1) is 23.5 Å². The molecule has 124 valence electrons. The molecule has 1 fully saturated rings. The van der Waals surface area contributed by atoms with Crippen molar-refractivity contribution in [1.82, 2.24) is 0 Å². The third-order valence-corrected chi connectivity index (χ3v) is 12.6. The molecule has 0 aromatic carbocycles. The Kier molecular flexibility index (Phi) is 7.36. The molecule has 3 atom stereocenters. The third-order valence-electron chi connectivity index (χ3n) is 4.77. The molecule has 0 radical (unpaired) electrons. The van der Waals surface area contributed by atoms with Crippen molar-refractivity contribution in [1.29, 1.82) is 0 Å². The first kappa shape index (κ1) is 19.6. The molecule has 1 aliphatic heterocycles. The van der Waals surface area contributed by atoms with Crippen molar-refractivity contribution in [2.24, 2.45) is 11.8 Å². The standard InChI is InChI=1S/C16H32O2S2Si/c1-12(11-17)14(18-21(6,7)16(3,4)5)13(2)15-19-9-8-10-20-15/h11-15H,8-10H2,1-7H3/t12-,13+,14+/m1/s1. The molecule has 5 heteroatoms. The van der Waals surface area contributed by atoms with Crippen LogP contribution in [0.1, 0.15) is 41.0 Å². The molecule has 2 nitrogen and oxygen atoms in total. The molecular formula is C16H32O2S2Si. The molecule has 0 saturated carbocycles. The van der Waals surface area contributed by atoms with E-state index in [0.29, 0.717) is 10.5 Å². The number of hydrogen-bond acceptors (Lipinski definition) is 4. The van der Waals surface area contributed by atoms with Crippen molar-refractivity contribution >= 4 is 38.1 Å². The summed E-state index contributed by atoms with van der Waals surface area (Å²) in [6.07, 6.45) is 2.42. The van der Waals surface area contributed by atoms with Gasteiger partial charge in [0.05, 0.1) is 10.7 Å². The average Bonchev–Trinajstić information content (AvgIpc) is 2.43. The fourth-order valence-electron chi connectivity index (χ4n) is 2.25. The summed E-state index contributed by atoms with van der Waals surface area (Å²) in [7, 11) is -1.85. The summed E-state index contributed by atoms with van der Waals surface area (Å²) in [5.74, 6) is 2.86. The van der Waals surface area contributed by atoms with Gasteiger partial charge < -0.3 is 9.22 Å². The minimum Gasteiger partial charge on any atom is -0.413 e. The van der Waals surface area contributed by atoms with Crippen LogP contribution in [0, 0.1) is 11.8 Å². The lowest BCUT2D eigenvalue weighted by atomic mass is 9.96. The van der Waals surface area contributed by atoms with E-state index < -0.39 is 8.32 Å². The van der Waals surface area contributed by atoms with E-state index >= 15 is 0 Å². The smallest absolute Gasteiger partial charge is 0.192 e. The highest BCUT2D eigenvalue weighted by Crippen LogP contribution is 2.43. The average molecular weight is 349 g/mol. The summed E-state index contributed by atoms with van der Waals surface area (Å²) in [6, 6.07) is 0. The van der Waals surface area contributed by atoms with E-state index in [1.165, 1.54) is 17.9 Å². The quantitative estimate of drug-likeness (QED) is 0.496. The Hall–Kier alpha value is 0.547. The second-order valence-electron chi connectivity index (χ2n) is 7.66. The molecule has 21 heavy (non-hydrogen) atoms. The monoisotopic (exact) mass is 348 g/mol. The number of carbonyl (C=O) groups is 1. The Balaban J connectivity index is 2.87. The fourth-order valence-corrected chi connectivity index (χ4v) is 6.86. The Bertz CT molecular complexity index is 336. The van der Waals surface area contributed by atoms with Crippen LogP contribution in [-0.4, -0.2) is 36.8 Å². The van der Waals surface area contributed by atoms with E-state index in [1.807, 2.05) is 30.4 Å². The minimum absolute atomic E-state index is 0.0303. The molecule has 0 spiro atoms. The molecule has 0 aliphatic carbocycles. The van der Waals surface area contributed by atoms with Crippen molar-refractivity contribution in [3.05, 3.63) is 0 Å². The zero-order chi connectivity index (χ0) is 16.3. The van der Waals surface area contributed by atoms with Crippen LogP contribution in [0.15, 0.2) is 0 Å². The molecule has 0 amide bonds. The summed E-state index contributed by atoms with van der Waals surface area (Å²) >= 11 is 4.09. The molecular weight excluding hydrogens is 316 g/mol. The number of thioether (sulfide) groups is 2. The van der Waals surface area contributed by atoms with Crippen molar-refractivity contribution in [3.63, 3.8) is 0 Å². The molecule has 0 aromatic rings. The van der Waals surface area contributed by atoms with Gasteiger partial charge in [-0.25, -0.2) is 0 Å². The fraction of sp³-hybridized carbons (Fsp3) is 0.938. The first-order chi connectivity index (χ1) is 9.60. The van der Waals surface area contributed by atoms with Crippen LogP contribution in [0.4, 0.5) is 0 Å². The van der Waals surface area contributed by atoms with Crippen LogP contribution in [0.5, 0.6) is 0 Å². The lowest BCUT2D eigenvalue weighted by Gasteiger charge is -2.43. The molecule has 0 unspecified atom stereocenters. The Morgan fingerprint density at radius 1 is 1.19 bits per heavy atom. The topological polar surface area (TPSA) is 26.3 Å². The van der Waals surface area contributed by atoms with Crippen molar-refractivity contribution in [2.75, 3.05) is 11.5 Å². The Morgan fingerprint density at radius 3 is 2.14 bits per heavy atom. The lowest BCUT2D eigenvalue weighted by molar-refractivity contribution is -0.114. The molecule has 1 aliphatic rings. The molecule has 1 saturated heterocycles. The highest BCUT2D eigenvalue weighted by atomic mass is 32.2. The Morgan fingerprint density at radius 2 is 1.71 bits per heavy atom. The molecule has 0 aromatic heterocycles. The summed E-state index contributed by atoms with van der Waals surface area (Å²) in [6.45, 7) is 15.6. The highest BCUT2D eigenvalue weighted by Gasteiger charge is 2.42. The first-order valence-electron chi connectivity index (χ1n) is 7.96. The molecule has 0 N–H and O–H groups in total. The van der Waals surface area contributed by atoms with Crippen LogP contribution in [0.2, 0.25) is 18.1 Å². The van der Waals surface area contributed by atoms with E-state index in [9.17, 15) is 4.79 Å². The van der Waals surface area contributed by atoms with Gasteiger partial charge in [-0.3, -0.25) is 0 Å². The maximum atomic E-state index is 11.4. The third kappa shape index (κ3) is 5.29. The van der Waals surface area contributed by atoms with E-state index in [0.717, 1.165) is 6.29 Å². The van der Waals surface area contributed by atoms with Gasteiger partial charge >= 0.3 is 0 Å². The number of carbonyl (C=O) groups excluding carboxylic acids is 1. The van der Waals surface area contributed by atoms with Crippen molar-refractivity contribution in [2.45, 2.75) is 69.9 Å². The lowest BCUT2D eigenvalue weighted by Crippen LogP contribution is -2.49. The van der Waals surface area contributed by atoms with Gasteiger partial charge in [-0.1, -0.05) is 34.6 Å². The predicted octanol–water partition coefficient (Wildman–Crippen LogP) is 5.04. The maximum Gasteiger partial charge on any atom is 0.192 e. The van der Waals surface area contributed by atoms with Gasteiger partial charge in [0.15, 0.2) is 8.32 Å². The highest BCUT2D eigenvalue weighted by molar-refractivity contribution is 8.17. The second-order valence-corrected chi connectivity index (χ2v) is 15.2. The van der Waals surface area contributed by atoms with Crippen LogP contribution >= 0.6 is 23.5 Å². The van der Waals surface area contributed by atoms with Gasteiger partial charge in [0, 0.05) is 11.8 Å². The van der Waals surface area contributed by atoms with Gasteiger partial charge in [0.1, 0.15) is 6.29 Å². The summed E-state index contributed by atoms with van der Waals surface area (Å²) in [4.78, 5) is 11.4. The van der Waals surface area contributed by atoms with Gasteiger partial charge in [-0.05, 0) is 36.1 Å². The zero-order valence-electron chi connectivity index (χ0n) is 14.6. The van der Waals surface area contributed by atoms with Crippen LogP contribution in [0.25, 0.3) is 0 Å². The summed E-state index contributed by atoms with van der Waals surface area (Å²) in [5, 5.41) is 0.181.